The molecule has 1 fully saturated rings. The number of aromatic nitrogens is 3. The average molecular weight is 265 g/mol. The van der Waals surface area contributed by atoms with E-state index < -0.39 is 0 Å². The van der Waals surface area contributed by atoms with Crippen molar-refractivity contribution in [2.45, 2.75) is 31.7 Å². The highest BCUT2D eigenvalue weighted by atomic mass is 35.5. The second kappa shape index (κ2) is 5.14. The van der Waals surface area contributed by atoms with E-state index in [2.05, 4.69) is 15.0 Å². The van der Waals surface area contributed by atoms with Gasteiger partial charge in [-0.3, -0.25) is 0 Å². The van der Waals surface area contributed by atoms with E-state index in [1.165, 1.54) is 19.3 Å². The van der Waals surface area contributed by atoms with Crippen LogP contribution in [0.5, 0.6) is 0 Å². The second-order valence-corrected chi connectivity index (χ2v) is 5.07. The number of hydrogen-bond donors (Lipinski definition) is 0. The van der Waals surface area contributed by atoms with Crippen molar-refractivity contribution in [1.82, 2.24) is 14.6 Å². The molecule has 1 unspecified atom stereocenters. The van der Waals surface area contributed by atoms with Crippen molar-refractivity contribution in [2.75, 3.05) is 17.3 Å². The minimum absolute atomic E-state index is 0.391. The lowest BCUT2D eigenvalue weighted by Crippen LogP contribution is -2.37. The van der Waals surface area contributed by atoms with Crippen molar-refractivity contribution in [3.8, 4) is 0 Å². The van der Waals surface area contributed by atoms with Gasteiger partial charge in [-0.15, -0.1) is 11.6 Å². The van der Waals surface area contributed by atoms with Crippen LogP contribution in [0.15, 0.2) is 24.7 Å². The monoisotopic (exact) mass is 264 g/mol. The highest BCUT2D eigenvalue weighted by Gasteiger charge is 2.23. The molecule has 5 heteroatoms. The van der Waals surface area contributed by atoms with Gasteiger partial charge in [0.25, 0.3) is 0 Å². The van der Waals surface area contributed by atoms with E-state index in [0.29, 0.717) is 11.9 Å². The Hall–Kier alpha value is -1.29. The van der Waals surface area contributed by atoms with Crippen LogP contribution in [0.25, 0.3) is 5.52 Å². The zero-order valence-corrected chi connectivity index (χ0v) is 11.1. The number of halogens is 1. The molecule has 0 saturated carbocycles. The first-order chi connectivity index (χ1) is 8.90. The molecule has 2 aromatic rings. The maximum atomic E-state index is 6.13. The van der Waals surface area contributed by atoms with Gasteiger partial charge in [0.1, 0.15) is 5.52 Å². The zero-order valence-electron chi connectivity index (χ0n) is 10.3. The quantitative estimate of drug-likeness (QED) is 0.782. The Morgan fingerprint density at radius 3 is 3.11 bits per heavy atom. The summed E-state index contributed by atoms with van der Waals surface area (Å²) in [6, 6.07) is 2.40. The van der Waals surface area contributed by atoms with Crippen molar-refractivity contribution in [1.29, 1.82) is 0 Å². The summed E-state index contributed by atoms with van der Waals surface area (Å²) in [4.78, 5) is 6.91. The lowest BCUT2D eigenvalue weighted by molar-refractivity contribution is 0.616. The highest BCUT2D eigenvalue weighted by Crippen LogP contribution is 2.26. The highest BCUT2D eigenvalue weighted by molar-refractivity contribution is 6.18. The van der Waals surface area contributed by atoms with Crippen molar-refractivity contribution < 1.29 is 0 Å². The summed E-state index contributed by atoms with van der Waals surface area (Å²) in [6.07, 6.45) is 10.4. The predicted octanol–water partition coefficient (Wildman–Crippen LogP) is 2.72. The van der Waals surface area contributed by atoms with Gasteiger partial charge in [-0.2, -0.15) is 5.10 Å². The fourth-order valence-electron chi connectivity index (χ4n) is 2.68. The van der Waals surface area contributed by atoms with E-state index in [4.69, 9.17) is 11.6 Å². The summed E-state index contributed by atoms with van der Waals surface area (Å²) in [7, 11) is 0. The molecule has 4 nitrogen and oxygen atoms in total. The zero-order chi connectivity index (χ0) is 12.4. The van der Waals surface area contributed by atoms with Crippen molar-refractivity contribution in [3.05, 3.63) is 24.7 Å². The molecule has 0 amide bonds. The summed E-state index contributed by atoms with van der Waals surface area (Å²) >= 11 is 6.13. The SMILES string of the molecule is ClCC1CCCCCN1c1nccn2nccc12. The summed E-state index contributed by atoms with van der Waals surface area (Å²) < 4.78 is 1.87. The molecule has 1 aliphatic rings. The number of fused-ring (bicyclic) bond motifs is 1. The van der Waals surface area contributed by atoms with Crippen LogP contribution in [0, 0.1) is 0 Å². The molecule has 0 bridgehead atoms. The van der Waals surface area contributed by atoms with E-state index in [-0.39, 0.29) is 0 Å². The van der Waals surface area contributed by atoms with Gasteiger partial charge in [0.2, 0.25) is 0 Å². The topological polar surface area (TPSA) is 33.4 Å². The number of nitrogens with zero attached hydrogens (tertiary/aromatic N) is 4. The van der Waals surface area contributed by atoms with Gasteiger partial charge in [0.05, 0.1) is 6.20 Å². The Morgan fingerprint density at radius 2 is 2.22 bits per heavy atom. The Morgan fingerprint density at radius 1 is 1.28 bits per heavy atom. The molecule has 3 rings (SSSR count). The summed E-state index contributed by atoms with van der Waals surface area (Å²) in [5.74, 6) is 1.68. The maximum absolute atomic E-state index is 6.13. The molecular weight excluding hydrogens is 248 g/mol. The molecule has 0 aliphatic carbocycles. The normalized spacial score (nSPS) is 21.2. The summed E-state index contributed by atoms with van der Waals surface area (Å²) in [6.45, 7) is 1.04. The van der Waals surface area contributed by atoms with Gasteiger partial charge >= 0.3 is 0 Å². The van der Waals surface area contributed by atoms with E-state index in [9.17, 15) is 0 Å². The van der Waals surface area contributed by atoms with Gasteiger partial charge in [-0.05, 0) is 18.9 Å². The van der Waals surface area contributed by atoms with Gasteiger partial charge in [0.15, 0.2) is 5.82 Å². The van der Waals surface area contributed by atoms with Gasteiger partial charge in [-0.25, -0.2) is 9.50 Å². The minimum Gasteiger partial charge on any atom is -0.351 e. The van der Waals surface area contributed by atoms with Crippen molar-refractivity contribution >= 4 is 22.9 Å². The number of rotatable bonds is 2. The molecule has 0 spiro atoms. The third-order valence-electron chi connectivity index (χ3n) is 3.63. The van der Waals surface area contributed by atoms with Crippen molar-refractivity contribution in [3.63, 3.8) is 0 Å². The number of anilines is 1. The van der Waals surface area contributed by atoms with Gasteiger partial charge < -0.3 is 4.90 Å². The number of alkyl halides is 1. The molecule has 0 radical (unpaired) electrons. The lowest BCUT2D eigenvalue weighted by atomic mass is 10.1. The van der Waals surface area contributed by atoms with Gasteiger partial charge in [0, 0.05) is 30.9 Å². The van der Waals surface area contributed by atoms with E-state index in [1.807, 2.05) is 29.2 Å². The third-order valence-corrected chi connectivity index (χ3v) is 3.99. The van der Waals surface area contributed by atoms with E-state index in [1.54, 1.807) is 0 Å². The molecule has 0 aromatic carbocycles. The Kier molecular flexibility index (Phi) is 3.37. The smallest absolute Gasteiger partial charge is 0.154 e. The molecule has 1 aliphatic heterocycles. The molecule has 1 saturated heterocycles. The van der Waals surface area contributed by atoms with Crippen LogP contribution in [0.3, 0.4) is 0 Å². The van der Waals surface area contributed by atoms with Crippen LogP contribution in [0.2, 0.25) is 0 Å². The van der Waals surface area contributed by atoms with E-state index in [0.717, 1.165) is 24.3 Å². The Labute approximate surface area is 112 Å². The molecule has 18 heavy (non-hydrogen) atoms. The third kappa shape index (κ3) is 2.05. The standard InChI is InChI=1S/C13H17ClN4/c14-10-11-4-2-1-3-8-17(11)13-12-5-6-16-18(12)9-7-15-13/h5-7,9,11H,1-4,8,10H2. The maximum Gasteiger partial charge on any atom is 0.154 e. The first kappa shape index (κ1) is 11.8. The molecule has 2 aromatic heterocycles. The van der Waals surface area contributed by atoms with Crippen LogP contribution in [0.4, 0.5) is 5.82 Å². The van der Waals surface area contributed by atoms with Crippen LogP contribution < -0.4 is 4.90 Å². The second-order valence-electron chi connectivity index (χ2n) is 4.76. The average Bonchev–Trinajstić information content (AvgIpc) is 2.76. The Balaban J connectivity index is 2.02. The minimum atomic E-state index is 0.391. The van der Waals surface area contributed by atoms with Gasteiger partial charge in [-0.1, -0.05) is 12.8 Å². The molecule has 3 heterocycles. The van der Waals surface area contributed by atoms with Crippen LogP contribution in [-0.4, -0.2) is 33.1 Å². The summed E-state index contributed by atoms with van der Waals surface area (Å²) in [5, 5.41) is 4.27. The van der Waals surface area contributed by atoms with Crippen LogP contribution in [-0.2, 0) is 0 Å². The fourth-order valence-corrected chi connectivity index (χ4v) is 3.00. The molecular formula is C13H17ClN4. The first-order valence-electron chi connectivity index (χ1n) is 6.51. The predicted molar refractivity (Wildman–Crippen MR) is 73.3 cm³/mol. The fraction of sp³-hybridized carbons (Fsp3) is 0.538. The van der Waals surface area contributed by atoms with E-state index >= 15 is 0 Å². The largest absolute Gasteiger partial charge is 0.351 e. The molecule has 0 N–H and O–H groups in total. The molecule has 1 atom stereocenters. The number of hydrogen-bond acceptors (Lipinski definition) is 3. The first-order valence-corrected chi connectivity index (χ1v) is 7.04. The summed E-state index contributed by atoms with van der Waals surface area (Å²) in [5.41, 5.74) is 1.06. The van der Waals surface area contributed by atoms with Crippen LogP contribution in [0.1, 0.15) is 25.7 Å². The van der Waals surface area contributed by atoms with Crippen LogP contribution >= 0.6 is 11.6 Å². The Bertz CT molecular complexity index is 524. The lowest BCUT2D eigenvalue weighted by Gasteiger charge is -2.29. The molecule has 96 valence electrons. The van der Waals surface area contributed by atoms with Crippen molar-refractivity contribution in [2.24, 2.45) is 0 Å².